The minimum Gasteiger partial charge on any atom is -0.349 e. The van der Waals surface area contributed by atoms with Crippen molar-refractivity contribution in [2.75, 3.05) is 19.4 Å². The second kappa shape index (κ2) is 10.8. The van der Waals surface area contributed by atoms with Gasteiger partial charge in [-0.2, -0.15) is 0 Å². The lowest BCUT2D eigenvalue weighted by atomic mass is 10.1. The number of nitrogens with zero attached hydrogens (tertiary/aromatic N) is 1. The lowest BCUT2D eigenvalue weighted by Gasteiger charge is -2.11. The molecule has 0 aromatic heterocycles. The first-order valence-electron chi connectivity index (χ1n) is 8.98. The van der Waals surface area contributed by atoms with Crippen molar-refractivity contribution >= 4 is 46.4 Å². The molecule has 0 heterocycles. The van der Waals surface area contributed by atoms with E-state index in [9.17, 15) is 9.59 Å². The van der Waals surface area contributed by atoms with Crippen molar-refractivity contribution in [1.82, 2.24) is 10.2 Å². The van der Waals surface area contributed by atoms with E-state index in [0.717, 1.165) is 16.8 Å². The summed E-state index contributed by atoms with van der Waals surface area (Å²) in [5.74, 6) is -0.0703. The number of nitrogens with one attached hydrogen (secondary N) is 2. The maximum Gasteiger partial charge on any atom is 0.226 e. The maximum atomic E-state index is 12.1. The van der Waals surface area contributed by atoms with E-state index in [2.05, 4.69) is 10.6 Å². The monoisotopic (exact) mass is 417 g/mol. The second-order valence-corrected chi connectivity index (χ2v) is 7.39. The second-order valence-electron chi connectivity index (χ2n) is 6.58. The van der Waals surface area contributed by atoms with E-state index in [1.807, 2.05) is 42.5 Å². The standard InChI is InChI=1S/C21H24ClN3O2S/c1-25(2)20(27)14-9-15-7-11-17(12-8-15)23-21(28)24-19(26)13-10-16-5-3-4-6-18(16)22/h3-8,11-12H,9-10,13-14H2,1-2H3,(H2,23,24,26,28). The SMILES string of the molecule is CN(C)C(=O)CCc1ccc(NC(=S)NC(=O)CCc2ccccc2Cl)cc1. The van der Waals surface area contributed by atoms with Gasteiger partial charge in [-0.3, -0.25) is 9.59 Å². The highest BCUT2D eigenvalue weighted by atomic mass is 35.5. The van der Waals surface area contributed by atoms with E-state index in [1.165, 1.54) is 0 Å². The summed E-state index contributed by atoms with van der Waals surface area (Å²) in [4.78, 5) is 25.3. The molecule has 0 aliphatic rings. The third-order valence-electron chi connectivity index (χ3n) is 4.17. The largest absolute Gasteiger partial charge is 0.349 e. The fourth-order valence-electron chi connectivity index (χ4n) is 2.53. The summed E-state index contributed by atoms with van der Waals surface area (Å²) >= 11 is 11.3. The van der Waals surface area contributed by atoms with E-state index in [1.54, 1.807) is 25.1 Å². The van der Waals surface area contributed by atoms with Crippen molar-refractivity contribution in [3.05, 3.63) is 64.7 Å². The van der Waals surface area contributed by atoms with Crippen molar-refractivity contribution in [2.24, 2.45) is 0 Å². The fraction of sp³-hybridized carbons (Fsp3) is 0.286. The van der Waals surface area contributed by atoms with E-state index < -0.39 is 0 Å². The highest BCUT2D eigenvalue weighted by molar-refractivity contribution is 7.80. The predicted molar refractivity (Wildman–Crippen MR) is 118 cm³/mol. The Labute approximate surface area is 176 Å². The van der Waals surface area contributed by atoms with Crippen LogP contribution in [0, 0.1) is 0 Å². The Bertz CT molecular complexity index is 838. The molecule has 0 spiro atoms. The minimum atomic E-state index is -0.170. The van der Waals surface area contributed by atoms with E-state index in [4.69, 9.17) is 23.8 Å². The lowest BCUT2D eigenvalue weighted by molar-refractivity contribution is -0.128. The van der Waals surface area contributed by atoms with Gasteiger partial charge in [0.25, 0.3) is 0 Å². The summed E-state index contributed by atoms with van der Waals surface area (Å²) in [6, 6.07) is 15.1. The number of benzene rings is 2. The number of carbonyl (C=O) groups is 2. The van der Waals surface area contributed by atoms with Crippen LogP contribution in [0.3, 0.4) is 0 Å². The molecular weight excluding hydrogens is 394 g/mol. The smallest absolute Gasteiger partial charge is 0.226 e. The van der Waals surface area contributed by atoms with Gasteiger partial charge in [-0.1, -0.05) is 41.9 Å². The number of hydrogen-bond donors (Lipinski definition) is 2. The van der Waals surface area contributed by atoms with Gasteiger partial charge in [0.2, 0.25) is 11.8 Å². The molecule has 0 bridgehead atoms. The van der Waals surface area contributed by atoms with Gasteiger partial charge in [0.05, 0.1) is 0 Å². The third kappa shape index (κ3) is 7.29. The number of amides is 2. The van der Waals surface area contributed by atoms with Crippen LogP contribution >= 0.6 is 23.8 Å². The van der Waals surface area contributed by atoms with Crippen LogP contribution < -0.4 is 10.6 Å². The summed E-state index contributed by atoms with van der Waals surface area (Å²) in [6.45, 7) is 0. The molecule has 0 fully saturated rings. The van der Waals surface area contributed by atoms with Crippen LogP contribution in [-0.2, 0) is 22.4 Å². The van der Waals surface area contributed by atoms with Gasteiger partial charge < -0.3 is 15.5 Å². The first kappa shape index (κ1) is 21.9. The van der Waals surface area contributed by atoms with Gasteiger partial charge in [-0.15, -0.1) is 0 Å². The van der Waals surface area contributed by atoms with Crippen LogP contribution in [0.15, 0.2) is 48.5 Å². The molecule has 0 radical (unpaired) electrons. The molecule has 0 atom stereocenters. The Morgan fingerprint density at radius 1 is 1.00 bits per heavy atom. The van der Waals surface area contributed by atoms with Crippen molar-refractivity contribution < 1.29 is 9.59 Å². The van der Waals surface area contributed by atoms with Crippen LogP contribution in [0.2, 0.25) is 5.02 Å². The molecule has 0 saturated heterocycles. The zero-order valence-corrected chi connectivity index (χ0v) is 17.6. The number of hydrogen-bond acceptors (Lipinski definition) is 3. The summed E-state index contributed by atoms with van der Waals surface area (Å²) in [7, 11) is 3.50. The number of aryl methyl sites for hydroxylation is 2. The molecule has 148 valence electrons. The first-order valence-corrected chi connectivity index (χ1v) is 9.77. The Balaban J connectivity index is 1.77. The maximum absolute atomic E-state index is 12.1. The third-order valence-corrected chi connectivity index (χ3v) is 4.74. The van der Waals surface area contributed by atoms with Crippen LogP contribution in [0.1, 0.15) is 24.0 Å². The number of carbonyl (C=O) groups excluding carboxylic acids is 2. The predicted octanol–water partition coefficient (Wildman–Crippen LogP) is 3.81. The molecule has 2 aromatic rings. The molecule has 5 nitrogen and oxygen atoms in total. The Morgan fingerprint density at radius 3 is 2.32 bits per heavy atom. The molecule has 0 saturated carbocycles. The first-order chi connectivity index (χ1) is 13.3. The van der Waals surface area contributed by atoms with Crippen LogP contribution in [-0.4, -0.2) is 35.9 Å². The zero-order chi connectivity index (χ0) is 20.5. The Morgan fingerprint density at radius 2 is 1.68 bits per heavy atom. The fourth-order valence-corrected chi connectivity index (χ4v) is 2.99. The van der Waals surface area contributed by atoms with E-state index in [-0.39, 0.29) is 16.9 Å². The van der Waals surface area contributed by atoms with E-state index >= 15 is 0 Å². The van der Waals surface area contributed by atoms with Gasteiger partial charge in [-0.05, 0) is 54.4 Å². The van der Waals surface area contributed by atoms with Gasteiger partial charge >= 0.3 is 0 Å². The molecule has 7 heteroatoms. The minimum absolute atomic E-state index is 0.0999. The molecule has 2 aromatic carbocycles. The highest BCUT2D eigenvalue weighted by Gasteiger charge is 2.08. The molecule has 0 unspecified atom stereocenters. The van der Waals surface area contributed by atoms with Gasteiger partial charge in [0, 0.05) is 37.6 Å². The van der Waals surface area contributed by atoms with Gasteiger partial charge in [-0.25, -0.2) is 0 Å². The summed E-state index contributed by atoms with van der Waals surface area (Å²) in [5, 5.41) is 6.57. The average molecular weight is 418 g/mol. The normalized spacial score (nSPS) is 10.2. The number of anilines is 1. The molecule has 2 rings (SSSR count). The molecule has 2 amide bonds. The summed E-state index contributed by atoms with van der Waals surface area (Å²) < 4.78 is 0. The molecule has 0 aliphatic carbocycles. The Hall–Kier alpha value is -2.44. The highest BCUT2D eigenvalue weighted by Crippen LogP contribution is 2.16. The van der Waals surface area contributed by atoms with Crippen molar-refractivity contribution in [1.29, 1.82) is 0 Å². The van der Waals surface area contributed by atoms with Gasteiger partial charge in [0.1, 0.15) is 0 Å². The van der Waals surface area contributed by atoms with Gasteiger partial charge in [0.15, 0.2) is 5.11 Å². The topological polar surface area (TPSA) is 61.4 Å². The van der Waals surface area contributed by atoms with Crippen LogP contribution in [0.5, 0.6) is 0 Å². The zero-order valence-electron chi connectivity index (χ0n) is 16.0. The molecule has 2 N–H and O–H groups in total. The molecular formula is C21H24ClN3O2S. The number of rotatable bonds is 7. The van der Waals surface area contributed by atoms with E-state index in [0.29, 0.717) is 30.7 Å². The van der Waals surface area contributed by atoms with Crippen LogP contribution in [0.4, 0.5) is 5.69 Å². The van der Waals surface area contributed by atoms with Crippen molar-refractivity contribution in [3.8, 4) is 0 Å². The molecule has 28 heavy (non-hydrogen) atoms. The van der Waals surface area contributed by atoms with Crippen molar-refractivity contribution in [3.63, 3.8) is 0 Å². The van der Waals surface area contributed by atoms with Crippen molar-refractivity contribution in [2.45, 2.75) is 25.7 Å². The molecule has 0 aliphatic heterocycles. The average Bonchev–Trinajstić information content (AvgIpc) is 2.66. The summed E-state index contributed by atoms with van der Waals surface area (Å²) in [6.07, 6.45) is 2.00. The lowest BCUT2D eigenvalue weighted by Crippen LogP contribution is -2.34. The number of thiocarbonyl (C=S) groups is 1. The summed E-state index contributed by atoms with van der Waals surface area (Å²) in [5.41, 5.74) is 2.77. The Kier molecular flexibility index (Phi) is 8.42. The quantitative estimate of drug-likeness (QED) is 0.672. The number of halogens is 1. The van der Waals surface area contributed by atoms with Crippen LogP contribution in [0.25, 0.3) is 0 Å².